The first-order valence-electron chi connectivity index (χ1n) is 7.12. The van der Waals surface area contributed by atoms with Gasteiger partial charge in [-0.25, -0.2) is 9.78 Å². The number of aromatic amines is 1. The van der Waals surface area contributed by atoms with Crippen LogP contribution in [-0.2, 0) is 0 Å². The highest BCUT2D eigenvalue weighted by molar-refractivity contribution is 6.05. The van der Waals surface area contributed by atoms with Crippen LogP contribution >= 0.6 is 0 Å². The number of H-pyrrole nitrogens is 1. The van der Waals surface area contributed by atoms with E-state index in [1.807, 2.05) is 0 Å². The Bertz CT molecular complexity index is 1000. The number of non-ortho nitro benzene ring substituents is 1. The molecule has 0 fully saturated rings. The van der Waals surface area contributed by atoms with Crippen molar-refractivity contribution in [1.29, 1.82) is 0 Å². The summed E-state index contributed by atoms with van der Waals surface area (Å²) in [7, 11) is 0. The van der Waals surface area contributed by atoms with Crippen LogP contribution in [-0.4, -0.2) is 30.8 Å². The first kappa shape index (κ1) is 16.1. The van der Waals surface area contributed by atoms with Crippen molar-refractivity contribution in [1.82, 2.24) is 20.0 Å². The molecule has 0 saturated carbocycles. The normalized spacial score (nSPS) is 10.4. The Labute approximate surface area is 140 Å². The van der Waals surface area contributed by atoms with Crippen LogP contribution in [0.25, 0.3) is 5.82 Å². The second-order valence-electron chi connectivity index (χ2n) is 5.10. The molecule has 0 radical (unpaired) electrons. The molecule has 25 heavy (non-hydrogen) atoms. The largest absolute Gasteiger partial charge is 0.322 e. The van der Waals surface area contributed by atoms with Crippen molar-refractivity contribution in [3.05, 3.63) is 74.3 Å². The Balaban J connectivity index is 1.86. The molecule has 3 aromatic rings. The molecule has 1 amide bonds. The zero-order chi connectivity index (χ0) is 18.0. The molecule has 126 valence electrons. The molecule has 0 atom stereocenters. The summed E-state index contributed by atoms with van der Waals surface area (Å²) in [5.41, 5.74) is 0.607. The number of nitrogens with one attached hydrogen (secondary N) is 2. The molecule has 0 aliphatic heterocycles. The molecule has 2 heterocycles. The average molecular weight is 340 g/mol. The van der Waals surface area contributed by atoms with Crippen LogP contribution in [0.3, 0.4) is 0 Å². The fourth-order valence-electron chi connectivity index (χ4n) is 2.21. The molecule has 0 aliphatic carbocycles. The third kappa shape index (κ3) is 3.27. The summed E-state index contributed by atoms with van der Waals surface area (Å²) in [5.74, 6) is -0.111. The molecule has 10 heteroatoms. The van der Waals surface area contributed by atoms with Crippen molar-refractivity contribution in [3.63, 3.8) is 0 Å². The van der Waals surface area contributed by atoms with Gasteiger partial charge in [0.05, 0.1) is 22.4 Å². The smallest absolute Gasteiger partial charge is 0.271 e. The van der Waals surface area contributed by atoms with E-state index in [0.717, 1.165) is 0 Å². The van der Waals surface area contributed by atoms with Crippen LogP contribution in [0.1, 0.15) is 16.1 Å². The van der Waals surface area contributed by atoms with Crippen LogP contribution in [0.15, 0.2) is 47.4 Å². The topological polar surface area (TPSA) is 136 Å². The second kappa shape index (κ2) is 6.35. The zero-order valence-corrected chi connectivity index (χ0v) is 13.0. The highest BCUT2D eigenvalue weighted by Gasteiger charge is 2.17. The van der Waals surface area contributed by atoms with Gasteiger partial charge in [-0.05, 0) is 19.1 Å². The molecular weight excluding hydrogens is 328 g/mol. The third-order valence-corrected chi connectivity index (χ3v) is 3.45. The van der Waals surface area contributed by atoms with Crippen molar-refractivity contribution in [3.8, 4) is 5.82 Å². The highest BCUT2D eigenvalue weighted by atomic mass is 16.6. The molecule has 0 saturated heterocycles. The molecule has 0 unspecified atom stereocenters. The minimum Gasteiger partial charge on any atom is -0.322 e. The number of carbonyl (C=O) groups is 1. The fraction of sp³-hybridized carbons (Fsp3) is 0.0667. The van der Waals surface area contributed by atoms with Gasteiger partial charge in [0.2, 0.25) is 0 Å². The first-order chi connectivity index (χ1) is 12.0. The van der Waals surface area contributed by atoms with E-state index in [9.17, 15) is 19.7 Å². The SMILES string of the molecule is Cc1c(C(=O)Nc2cccc([N+](=O)[O-])c2)cnn1-c1ccc(=O)[nH]n1. The van der Waals surface area contributed by atoms with Crippen LogP contribution < -0.4 is 10.9 Å². The Hall–Kier alpha value is -3.82. The lowest BCUT2D eigenvalue weighted by atomic mass is 10.2. The number of aromatic nitrogens is 4. The first-order valence-corrected chi connectivity index (χ1v) is 7.12. The molecule has 0 spiro atoms. The van der Waals surface area contributed by atoms with Crippen molar-refractivity contribution < 1.29 is 9.72 Å². The van der Waals surface area contributed by atoms with Crippen molar-refractivity contribution in [2.75, 3.05) is 5.32 Å². The van der Waals surface area contributed by atoms with Gasteiger partial charge < -0.3 is 5.32 Å². The Kier molecular flexibility index (Phi) is 4.08. The lowest BCUT2D eigenvalue weighted by molar-refractivity contribution is -0.384. The minimum absolute atomic E-state index is 0.123. The van der Waals surface area contributed by atoms with Gasteiger partial charge in [0.25, 0.3) is 17.2 Å². The molecular formula is C15H12N6O4. The maximum Gasteiger partial charge on any atom is 0.271 e. The number of hydrogen-bond donors (Lipinski definition) is 2. The van der Waals surface area contributed by atoms with Crippen LogP contribution in [0.5, 0.6) is 0 Å². The number of carbonyl (C=O) groups excluding carboxylic acids is 1. The maximum atomic E-state index is 12.4. The van der Waals surface area contributed by atoms with Crippen LogP contribution in [0, 0.1) is 17.0 Å². The lowest BCUT2D eigenvalue weighted by Gasteiger charge is -2.06. The van der Waals surface area contributed by atoms with Crippen LogP contribution in [0.2, 0.25) is 0 Å². The minimum atomic E-state index is -0.541. The molecule has 10 nitrogen and oxygen atoms in total. The summed E-state index contributed by atoms with van der Waals surface area (Å²) < 4.78 is 1.40. The van der Waals surface area contributed by atoms with E-state index in [-0.39, 0.29) is 16.8 Å². The van der Waals surface area contributed by atoms with E-state index in [1.165, 1.54) is 41.2 Å². The van der Waals surface area contributed by atoms with Crippen molar-refractivity contribution in [2.45, 2.75) is 6.92 Å². The molecule has 2 N–H and O–H groups in total. The number of anilines is 1. The number of rotatable bonds is 4. The second-order valence-corrected chi connectivity index (χ2v) is 5.10. The highest BCUT2D eigenvalue weighted by Crippen LogP contribution is 2.19. The van der Waals surface area contributed by atoms with Gasteiger partial charge in [-0.3, -0.25) is 19.7 Å². The van der Waals surface area contributed by atoms with Gasteiger partial charge in [0.15, 0.2) is 5.82 Å². The molecule has 1 aromatic carbocycles. The summed E-state index contributed by atoms with van der Waals surface area (Å²) in [6.07, 6.45) is 1.36. The average Bonchev–Trinajstić information content (AvgIpc) is 2.97. The Morgan fingerprint density at radius 3 is 2.80 bits per heavy atom. The van der Waals surface area contributed by atoms with E-state index in [0.29, 0.717) is 17.2 Å². The fourth-order valence-corrected chi connectivity index (χ4v) is 2.21. The summed E-state index contributed by atoms with van der Waals surface area (Å²) >= 11 is 0. The summed E-state index contributed by atoms with van der Waals surface area (Å²) in [5, 5.41) is 23.6. The lowest BCUT2D eigenvalue weighted by Crippen LogP contribution is -2.14. The van der Waals surface area contributed by atoms with Gasteiger partial charge in [-0.1, -0.05) is 6.07 Å². The van der Waals surface area contributed by atoms with E-state index in [1.54, 1.807) is 13.0 Å². The summed E-state index contributed by atoms with van der Waals surface area (Å²) in [6.45, 7) is 1.67. The van der Waals surface area contributed by atoms with Crippen molar-refractivity contribution in [2.24, 2.45) is 0 Å². The van der Waals surface area contributed by atoms with Gasteiger partial charge in [0.1, 0.15) is 0 Å². The predicted molar refractivity (Wildman–Crippen MR) is 87.8 cm³/mol. The molecule has 3 rings (SSSR count). The number of benzene rings is 1. The Morgan fingerprint density at radius 1 is 1.32 bits per heavy atom. The summed E-state index contributed by atoms with van der Waals surface area (Å²) in [6, 6.07) is 8.40. The molecule has 2 aromatic heterocycles. The standard InChI is InChI=1S/C15H12N6O4/c1-9-12(8-16-20(9)13-5-6-14(22)19-18-13)15(23)17-10-3-2-4-11(7-10)21(24)25/h2-8H,1H3,(H,17,23)(H,19,22). The van der Waals surface area contributed by atoms with Crippen molar-refractivity contribution >= 4 is 17.3 Å². The monoisotopic (exact) mass is 340 g/mol. The van der Waals surface area contributed by atoms with Gasteiger partial charge >= 0.3 is 0 Å². The Morgan fingerprint density at radius 2 is 2.12 bits per heavy atom. The van der Waals surface area contributed by atoms with Gasteiger partial charge in [0, 0.05) is 23.9 Å². The van der Waals surface area contributed by atoms with Gasteiger partial charge in [-0.2, -0.15) is 10.2 Å². The number of nitro benzene ring substituents is 1. The summed E-state index contributed by atoms with van der Waals surface area (Å²) in [4.78, 5) is 33.7. The predicted octanol–water partition coefficient (Wildman–Crippen LogP) is 1.42. The maximum absolute atomic E-state index is 12.4. The van der Waals surface area contributed by atoms with E-state index >= 15 is 0 Å². The number of hydrogen-bond acceptors (Lipinski definition) is 6. The van der Waals surface area contributed by atoms with E-state index in [2.05, 4.69) is 20.6 Å². The van der Waals surface area contributed by atoms with Gasteiger partial charge in [-0.15, -0.1) is 0 Å². The van der Waals surface area contributed by atoms with Crippen LogP contribution in [0.4, 0.5) is 11.4 Å². The third-order valence-electron chi connectivity index (χ3n) is 3.45. The number of nitro groups is 1. The zero-order valence-electron chi connectivity index (χ0n) is 13.0. The van der Waals surface area contributed by atoms with E-state index in [4.69, 9.17) is 0 Å². The quantitative estimate of drug-likeness (QED) is 0.544. The number of nitrogens with zero attached hydrogens (tertiary/aromatic N) is 4. The number of amides is 1. The molecule has 0 bridgehead atoms. The molecule has 0 aliphatic rings. The van der Waals surface area contributed by atoms with E-state index < -0.39 is 10.8 Å².